The Balaban J connectivity index is 1.97. The minimum absolute atomic E-state index is 0.0779. The van der Waals surface area contributed by atoms with Crippen LogP contribution in [0.1, 0.15) is 34.2 Å². The van der Waals surface area contributed by atoms with E-state index >= 15 is 0 Å². The van der Waals surface area contributed by atoms with Crippen molar-refractivity contribution in [2.45, 2.75) is 37.9 Å². The van der Waals surface area contributed by atoms with Gasteiger partial charge >= 0.3 is 12.4 Å². The van der Waals surface area contributed by atoms with E-state index in [1.807, 2.05) is 0 Å². The smallest absolute Gasteiger partial charge is 0.380 e. The molecular formula is C20H17F6NO2. The molecule has 1 aliphatic rings. The normalized spacial score (nSPS) is 19.8. The van der Waals surface area contributed by atoms with Crippen molar-refractivity contribution in [1.82, 2.24) is 0 Å². The van der Waals surface area contributed by atoms with Crippen molar-refractivity contribution in [1.29, 1.82) is 0 Å². The van der Waals surface area contributed by atoms with E-state index in [9.17, 15) is 26.3 Å². The van der Waals surface area contributed by atoms with E-state index in [0.717, 1.165) is 24.3 Å². The topological polar surface area (TPSA) is 30.8 Å². The van der Waals surface area contributed by atoms with Crippen molar-refractivity contribution in [3.8, 4) is 0 Å². The van der Waals surface area contributed by atoms with Crippen molar-refractivity contribution in [2.24, 2.45) is 5.16 Å². The third-order valence-corrected chi connectivity index (χ3v) is 4.65. The van der Waals surface area contributed by atoms with Crippen molar-refractivity contribution in [2.75, 3.05) is 7.11 Å². The van der Waals surface area contributed by atoms with Crippen LogP contribution in [-0.4, -0.2) is 19.0 Å². The summed E-state index contributed by atoms with van der Waals surface area (Å²) in [6, 6.07) is 8.18. The van der Waals surface area contributed by atoms with Gasteiger partial charge in [-0.2, -0.15) is 26.3 Å². The molecule has 0 spiro atoms. The third-order valence-electron chi connectivity index (χ3n) is 4.65. The zero-order chi connectivity index (χ0) is 21.4. The zero-order valence-corrected chi connectivity index (χ0v) is 15.5. The molecule has 1 heterocycles. The lowest BCUT2D eigenvalue weighted by molar-refractivity contribution is -0.275. The average molecular weight is 417 g/mol. The molecule has 0 saturated carbocycles. The fourth-order valence-corrected chi connectivity index (χ4v) is 3.26. The van der Waals surface area contributed by atoms with Crippen molar-refractivity contribution < 1.29 is 35.9 Å². The Bertz CT molecular complexity index is 918. The average Bonchev–Trinajstić information content (AvgIpc) is 3.08. The summed E-state index contributed by atoms with van der Waals surface area (Å²) >= 11 is 0. The molecule has 3 rings (SSSR count). The first-order chi connectivity index (χ1) is 13.5. The Kier molecular flexibility index (Phi) is 5.38. The Morgan fingerprint density at radius 3 is 2.24 bits per heavy atom. The van der Waals surface area contributed by atoms with Crippen LogP contribution in [0.25, 0.3) is 0 Å². The number of halogens is 6. The second kappa shape index (κ2) is 7.37. The molecule has 29 heavy (non-hydrogen) atoms. The van der Waals surface area contributed by atoms with Crippen molar-refractivity contribution in [3.63, 3.8) is 0 Å². The first kappa shape index (κ1) is 21.2. The molecule has 2 aromatic rings. The van der Waals surface area contributed by atoms with E-state index in [2.05, 4.69) is 5.16 Å². The standard InChI is InChI=1S/C20H17F6NO2/c1-12-7-13(11-28-2)9-16(8-12)18(20(24,25)26)10-17(27-29-18)14-3-5-15(6-4-14)19(21,22)23/h3-9H,10-11H2,1-2H3. The number of hydrogen-bond acceptors (Lipinski definition) is 3. The third kappa shape index (κ3) is 4.10. The summed E-state index contributed by atoms with van der Waals surface area (Å²) in [5.74, 6) is 0. The van der Waals surface area contributed by atoms with E-state index in [-0.39, 0.29) is 23.4 Å². The molecule has 0 saturated heterocycles. The van der Waals surface area contributed by atoms with Gasteiger partial charge in [-0.25, -0.2) is 0 Å². The number of aryl methyl sites for hydroxylation is 1. The van der Waals surface area contributed by atoms with Crippen LogP contribution in [0.15, 0.2) is 47.6 Å². The Morgan fingerprint density at radius 2 is 1.69 bits per heavy atom. The number of nitrogens with zero attached hydrogens (tertiary/aromatic N) is 1. The number of methoxy groups -OCH3 is 1. The molecule has 3 nitrogen and oxygen atoms in total. The van der Waals surface area contributed by atoms with Gasteiger partial charge in [0, 0.05) is 19.1 Å². The number of oxime groups is 1. The molecule has 0 bridgehead atoms. The predicted octanol–water partition coefficient (Wildman–Crippen LogP) is 5.74. The molecule has 0 N–H and O–H groups in total. The molecular weight excluding hydrogens is 400 g/mol. The van der Waals surface area contributed by atoms with Crippen LogP contribution in [0.4, 0.5) is 26.3 Å². The highest BCUT2D eigenvalue weighted by molar-refractivity contribution is 6.01. The van der Waals surface area contributed by atoms with E-state index in [1.165, 1.54) is 19.2 Å². The fraction of sp³-hybridized carbons (Fsp3) is 0.350. The minimum atomic E-state index is -4.80. The van der Waals surface area contributed by atoms with E-state index in [4.69, 9.17) is 9.57 Å². The number of rotatable bonds is 4. The van der Waals surface area contributed by atoms with Crippen LogP contribution in [0.5, 0.6) is 0 Å². The number of ether oxygens (including phenoxy) is 1. The van der Waals surface area contributed by atoms with Gasteiger partial charge in [0.25, 0.3) is 5.60 Å². The molecule has 0 fully saturated rings. The van der Waals surface area contributed by atoms with Gasteiger partial charge in [-0.3, -0.25) is 0 Å². The monoisotopic (exact) mass is 417 g/mol. The molecule has 0 amide bonds. The van der Waals surface area contributed by atoms with Gasteiger partial charge in [0.05, 0.1) is 17.9 Å². The first-order valence-electron chi connectivity index (χ1n) is 8.56. The molecule has 9 heteroatoms. The SMILES string of the molecule is COCc1cc(C)cc(C2(C(F)(F)F)CC(c3ccc(C(F)(F)F)cc3)=NO2)c1. The van der Waals surface area contributed by atoms with Gasteiger partial charge in [0.2, 0.25) is 0 Å². The highest BCUT2D eigenvalue weighted by atomic mass is 19.4. The summed E-state index contributed by atoms with van der Waals surface area (Å²) in [4.78, 5) is 4.94. The molecule has 2 aromatic carbocycles. The number of alkyl halides is 6. The van der Waals surface area contributed by atoms with Crippen LogP contribution in [-0.2, 0) is 28.0 Å². The molecule has 0 aliphatic carbocycles. The molecule has 0 radical (unpaired) electrons. The van der Waals surface area contributed by atoms with Crippen LogP contribution in [0.2, 0.25) is 0 Å². The van der Waals surface area contributed by atoms with Crippen molar-refractivity contribution in [3.05, 3.63) is 70.3 Å². The van der Waals surface area contributed by atoms with Gasteiger partial charge in [-0.05, 0) is 36.2 Å². The minimum Gasteiger partial charge on any atom is -0.380 e. The summed E-state index contributed by atoms with van der Waals surface area (Å²) in [5, 5.41) is 3.58. The van der Waals surface area contributed by atoms with E-state index in [0.29, 0.717) is 11.1 Å². The summed E-state index contributed by atoms with van der Waals surface area (Å²) in [6.45, 7) is 1.77. The maximum Gasteiger partial charge on any atom is 0.435 e. The van der Waals surface area contributed by atoms with Crippen LogP contribution in [0, 0.1) is 6.92 Å². The maximum atomic E-state index is 14.1. The van der Waals surface area contributed by atoms with Gasteiger partial charge < -0.3 is 9.57 Å². The number of benzene rings is 2. The van der Waals surface area contributed by atoms with Crippen LogP contribution in [0.3, 0.4) is 0 Å². The second-order valence-electron chi connectivity index (χ2n) is 6.85. The van der Waals surface area contributed by atoms with Crippen LogP contribution < -0.4 is 0 Å². The largest absolute Gasteiger partial charge is 0.435 e. The van der Waals surface area contributed by atoms with E-state index < -0.39 is 29.9 Å². The highest BCUT2D eigenvalue weighted by Crippen LogP contribution is 2.49. The summed E-state index contributed by atoms with van der Waals surface area (Å²) in [7, 11) is 1.43. The van der Waals surface area contributed by atoms with Crippen molar-refractivity contribution >= 4 is 5.71 Å². The predicted molar refractivity (Wildman–Crippen MR) is 93.3 cm³/mol. The number of hydrogen-bond donors (Lipinski definition) is 0. The highest BCUT2D eigenvalue weighted by Gasteiger charge is 2.62. The lowest BCUT2D eigenvalue weighted by Crippen LogP contribution is -2.42. The van der Waals surface area contributed by atoms with E-state index in [1.54, 1.807) is 13.0 Å². The zero-order valence-electron chi connectivity index (χ0n) is 15.5. The molecule has 0 aromatic heterocycles. The lowest BCUT2D eigenvalue weighted by atomic mass is 9.85. The summed E-state index contributed by atoms with van der Waals surface area (Å²) in [5.41, 5.74) is -2.57. The van der Waals surface area contributed by atoms with Gasteiger partial charge in [-0.15, -0.1) is 0 Å². The van der Waals surface area contributed by atoms with Gasteiger partial charge in [0.15, 0.2) is 0 Å². The summed E-state index contributed by atoms with van der Waals surface area (Å²) in [6.07, 6.45) is -10.00. The quantitative estimate of drug-likeness (QED) is 0.594. The Morgan fingerprint density at radius 1 is 1.03 bits per heavy atom. The van der Waals surface area contributed by atoms with Crippen LogP contribution >= 0.6 is 0 Å². The van der Waals surface area contributed by atoms with Gasteiger partial charge in [0.1, 0.15) is 0 Å². The maximum absolute atomic E-state index is 14.1. The first-order valence-corrected chi connectivity index (χ1v) is 8.56. The molecule has 1 atom stereocenters. The Hall–Kier alpha value is -2.55. The summed E-state index contributed by atoms with van der Waals surface area (Å²) < 4.78 is 85.4. The second-order valence-corrected chi connectivity index (χ2v) is 6.85. The van der Waals surface area contributed by atoms with Gasteiger partial charge in [-0.1, -0.05) is 35.0 Å². The Labute approximate surface area is 162 Å². The molecule has 1 aliphatic heterocycles. The molecule has 1 unspecified atom stereocenters. The lowest BCUT2D eigenvalue weighted by Gasteiger charge is -2.30. The molecule has 156 valence electrons. The fourth-order valence-electron chi connectivity index (χ4n) is 3.26.